The number of carbonyl (C=O) groups is 1. The Hall–Kier alpha value is -2.31. The van der Waals surface area contributed by atoms with Crippen molar-refractivity contribution in [2.24, 2.45) is 0 Å². The van der Waals surface area contributed by atoms with Gasteiger partial charge in [0.1, 0.15) is 11.5 Å². The van der Waals surface area contributed by atoms with Crippen molar-refractivity contribution >= 4 is 46.0 Å². The molecule has 1 amide bonds. The van der Waals surface area contributed by atoms with Crippen molar-refractivity contribution < 1.29 is 13.9 Å². The van der Waals surface area contributed by atoms with E-state index in [2.05, 4.69) is 0 Å². The number of hydrogen-bond acceptors (Lipinski definition) is 5. The predicted molar refractivity (Wildman–Crippen MR) is 96.5 cm³/mol. The second-order valence-corrected chi connectivity index (χ2v) is 6.29. The summed E-state index contributed by atoms with van der Waals surface area (Å²) in [5.41, 5.74) is 0.728. The number of allylic oxidation sites excluding steroid dienone is 2. The third kappa shape index (κ3) is 3.38. The summed E-state index contributed by atoms with van der Waals surface area (Å²) in [5, 5.41) is 0. The molecule has 1 aliphatic rings. The van der Waals surface area contributed by atoms with Gasteiger partial charge in [0.2, 0.25) is 0 Å². The van der Waals surface area contributed by atoms with Crippen LogP contribution in [0.15, 0.2) is 64.1 Å². The maximum Gasteiger partial charge on any atom is 0.270 e. The molecule has 0 saturated carbocycles. The molecule has 0 spiro atoms. The van der Waals surface area contributed by atoms with Crippen molar-refractivity contribution in [1.29, 1.82) is 0 Å². The molecule has 1 aromatic heterocycles. The smallest absolute Gasteiger partial charge is 0.270 e. The first kappa shape index (κ1) is 15.6. The SMILES string of the molecule is COc1ccc(N2C(=O)/C(=C/C=C/c3ccco3)SC2=S)cc1. The van der Waals surface area contributed by atoms with E-state index in [4.69, 9.17) is 21.4 Å². The second-order valence-electron chi connectivity index (χ2n) is 4.61. The predicted octanol–water partition coefficient (Wildman–Crippen LogP) is 4.25. The molecular weight excluding hydrogens is 330 g/mol. The molecule has 23 heavy (non-hydrogen) atoms. The molecule has 3 rings (SSSR count). The van der Waals surface area contributed by atoms with Crippen LogP contribution >= 0.6 is 24.0 Å². The largest absolute Gasteiger partial charge is 0.497 e. The molecular formula is C17H13NO3S2. The zero-order valence-corrected chi connectivity index (χ0v) is 13.9. The Morgan fingerprint density at radius 1 is 1.26 bits per heavy atom. The van der Waals surface area contributed by atoms with Crippen molar-refractivity contribution in [3.8, 4) is 5.75 Å². The van der Waals surface area contributed by atoms with Gasteiger partial charge in [-0.3, -0.25) is 9.69 Å². The minimum Gasteiger partial charge on any atom is -0.497 e. The summed E-state index contributed by atoms with van der Waals surface area (Å²) in [4.78, 5) is 14.6. The lowest BCUT2D eigenvalue weighted by molar-refractivity contribution is -0.113. The van der Waals surface area contributed by atoms with E-state index in [-0.39, 0.29) is 5.91 Å². The topological polar surface area (TPSA) is 42.7 Å². The van der Waals surface area contributed by atoms with E-state index < -0.39 is 0 Å². The monoisotopic (exact) mass is 343 g/mol. The number of carbonyl (C=O) groups excluding carboxylic acids is 1. The molecule has 0 unspecified atom stereocenters. The summed E-state index contributed by atoms with van der Waals surface area (Å²) in [7, 11) is 1.60. The molecule has 1 aliphatic heterocycles. The molecule has 2 heterocycles. The number of rotatable bonds is 4. The fourth-order valence-electron chi connectivity index (χ4n) is 2.05. The summed E-state index contributed by atoms with van der Waals surface area (Å²) in [6.45, 7) is 0. The van der Waals surface area contributed by atoms with E-state index in [0.717, 1.165) is 17.2 Å². The van der Waals surface area contributed by atoms with Gasteiger partial charge in [-0.1, -0.05) is 30.1 Å². The van der Waals surface area contributed by atoms with E-state index in [9.17, 15) is 4.79 Å². The van der Waals surface area contributed by atoms with Gasteiger partial charge in [0.25, 0.3) is 5.91 Å². The van der Waals surface area contributed by atoms with Gasteiger partial charge in [-0.15, -0.1) is 0 Å². The van der Waals surface area contributed by atoms with E-state index in [1.807, 2.05) is 24.3 Å². The van der Waals surface area contributed by atoms with Crippen molar-refractivity contribution in [2.75, 3.05) is 12.0 Å². The molecule has 1 saturated heterocycles. The molecule has 1 aromatic carbocycles. The number of thiocarbonyl (C=S) groups is 1. The number of benzene rings is 1. The Morgan fingerprint density at radius 3 is 2.70 bits per heavy atom. The van der Waals surface area contributed by atoms with Crippen LogP contribution in [0, 0.1) is 0 Å². The fraction of sp³-hybridized carbons (Fsp3) is 0.0588. The molecule has 2 aromatic rings. The van der Waals surface area contributed by atoms with E-state index in [0.29, 0.717) is 9.23 Å². The molecule has 116 valence electrons. The Kier molecular flexibility index (Phi) is 4.64. The zero-order chi connectivity index (χ0) is 16.2. The van der Waals surface area contributed by atoms with Crippen molar-refractivity contribution in [3.63, 3.8) is 0 Å². The van der Waals surface area contributed by atoms with Crippen LogP contribution in [0.2, 0.25) is 0 Å². The number of thioether (sulfide) groups is 1. The Morgan fingerprint density at radius 2 is 2.04 bits per heavy atom. The first-order valence-corrected chi connectivity index (χ1v) is 8.03. The summed E-state index contributed by atoms with van der Waals surface area (Å²) in [6.07, 6.45) is 6.91. The molecule has 4 nitrogen and oxygen atoms in total. The van der Waals surface area contributed by atoms with E-state index in [1.165, 1.54) is 16.7 Å². The van der Waals surface area contributed by atoms with Gasteiger partial charge in [-0.2, -0.15) is 0 Å². The van der Waals surface area contributed by atoms with Crippen molar-refractivity contribution in [1.82, 2.24) is 0 Å². The van der Waals surface area contributed by atoms with Crippen molar-refractivity contribution in [2.45, 2.75) is 0 Å². The highest BCUT2D eigenvalue weighted by molar-refractivity contribution is 8.27. The third-order valence-electron chi connectivity index (χ3n) is 3.18. The lowest BCUT2D eigenvalue weighted by Gasteiger charge is -2.14. The van der Waals surface area contributed by atoms with E-state index >= 15 is 0 Å². The van der Waals surface area contributed by atoms with Gasteiger partial charge in [-0.05, 0) is 48.6 Å². The van der Waals surface area contributed by atoms with Gasteiger partial charge < -0.3 is 9.15 Å². The van der Waals surface area contributed by atoms with Gasteiger partial charge in [-0.25, -0.2) is 0 Å². The average molecular weight is 343 g/mol. The Bertz CT molecular complexity index is 777. The highest BCUT2D eigenvalue weighted by Crippen LogP contribution is 2.35. The lowest BCUT2D eigenvalue weighted by Crippen LogP contribution is -2.27. The standard InChI is InChI=1S/C17H13NO3S2/c1-20-13-9-7-12(8-10-13)18-16(19)15(23-17(18)22)6-2-4-14-5-3-11-21-14/h2-11H,1H3/b4-2+,15-6-. The first-order valence-electron chi connectivity index (χ1n) is 6.81. The van der Waals surface area contributed by atoms with Crippen LogP contribution in [0.25, 0.3) is 6.08 Å². The van der Waals surface area contributed by atoms with Crippen LogP contribution in [0.3, 0.4) is 0 Å². The van der Waals surface area contributed by atoms with Crippen LogP contribution in [-0.4, -0.2) is 17.3 Å². The number of furan rings is 1. The lowest BCUT2D eigenvalue weighted by atomic mass is 10.2. The third-order valence-corrected chi connectivity index (χ3v) is 4.50. The average Bonchev–Trinajstić information content (AvgIpc) is 3.17. The van der Waals surface area contributed by atoms with Crippen LogP contribution < -0.4 is 9.64 Å². The van der Waals surface area contributed by atoms with Crippen molar-refractivity contribution in [3.05, 3.63) is 65.5 Å². The van der Waals surface area contributed by atoms with Gasteiger partial charge in [0.15, 0.2) is 4.32 Å². The quantitative estimate of drug-likeness (QED) is 0.613. The highest BCUT2D eigenvalue weighted by atomic mass is 32.2. The summed E-state index contributed by atoms with van der Waals surface area (Å²) >= 11 is 6.60. The Balaban J connectivity index is 1.79. The van der Waals surface area contributed by atoms with E-state index in [1.54, 1.807) is 43.7 Å². The minimum atomic E-state index is -0.130. The second kappa shape index (κ2) is 6.85. The van der Waals surface area contributed by atoms with Crippen LogP contribution in [0.1, 0.15) is 5.76 Å². The summed E-state index contributed by atoms with van der Waals surface area (Å²) in [6, 6.07) is 10.9. The number of methoxy groups -OCH3 is 1. The molecule has 0 aliphatic carbocycles. The maximum absolute atomic E-state index is 12.5. The number of ether oxygens (including phenoxy) is 1. The van der Waals surface area contributed by atoms with Gasteiger partial charge in [0.05, 0.1) is 24.0 Å². The first-order chi connectivity index (χ1) is 11.2. The molecule has 0 atom stereocenters. The molecule has 6 heteroatoms. The zero-order valence-electron chi connectivity index (χ0n) is 12.3. The Labute approximate surface area is 143 Å². The highest BCUT2D eigenvalue weighted by Gasteiger charge is 2.32. The normalized spacial score (nSPS) is 16.7. The fourth-order valence-corrected chi connectivity index (χ4v) is 3.30. The van der Waals surface area contributed by atoms with Gasteiger partial charge >= 0.3 is 0 Å². The summed E-state index contributed by atoms with van der Waals surface area (Å²) < 4.78 is 10.8. The maximum atomic E-state index is 12.5. The van der Waals surface area contributed by atoms with Crippen LogP contribution in [-0.2, 0) is 4.79 Å². The van der Waals surface area contributed by atoms with Crippen LogP contribution in [0.5, 0.6) is 5.75 Å². The molecule has 1 fully saturated rings. The number of anilines is 1. The summed E-state index contributed by atoms with van der Waals surface area (Å²) in [5.74, 6) is 1.33. The number of amides is 1. The van der Waals surface area contributed by atoms with Crippen LogP contribution in [0.4, 0.5) is 5.69 Å². The minimum absolute atomic E-state index is 0.130. The molecule has 0 radical (unpaired) electrons. The molecule has 0 N–H and O–H groups in total. The molecule has 0 bridgehead atoms. The number of hydrogen-bond donors (Lipinski definition) is 0. The van der Waals surface area contributed by atoms with Gasteiger partial charge in [0, 0.05) is 0 Å². The number of nitrogens with zero attached hydrogens (tertiary/aromatic N) is 1.